The molecule has 3 unspecified atom stereocenters. The normalized spacial score (nSPS) is 20.1. The maximum atomic E-state index is 12.0. The van der Waals surface area contributed by atoms with Crippen molar-refractivity contribution in [1.29, 1.82) is 0 Å². The van der Waals surface area contributed by atoms with Gasteiger partial charge in [-0.1, -0.05) is 38.0 Å². The maximum Gasteiger partial charge on any atom is 0.251 e. The third kappa shape index (κ3) is 8.82. The molecule has 37 heavy (non-hydrogen) atoms. The second kappa shape index (κ2) is 14.7. The average molecular weight is 512 g/mol. The van der Waals surface area contributed by atoms with E-state index in [0.29, 0.717) is 69.0 Å². The number of ether oxygens (including phenoxy) is 2. The predicted molar refractivity (Wildman–Crippen MR) is 145 cm³/mol. The van der Waals surface area contributed by atoms with Crippen LogP contribution in [-0.2, 0) is 9.47 Å². The molecule has 2 bridgehead atoms. The number of carbonyl (C=O) groups is 1. The Morgan fingerprint density at radius 1 is 0.865 bits per heavy atom. The summed E-state index contributed by atoms with van der Waals surface area (Å²) in [5.41, 5.74) is 0.647. The zero-order valence-corrected chi connectivity index (χ0v) is 21.9. The molecule has 2 fully saturated rings. The minimum atomic E-state index is -0.0950. The highest BCUT2D eigenvalue weighted by Crippen LogP contribution is 2.45. The summed E-state index contributed by atoms with van der Waals surface area (Å²) in [4.78, 5) is 25.7. The molecule has 4 N–H and O–H groups in total. The first-order valence-electron chi connectivity index (χ1n) is 13.7. The van der Waals surface area contributed by atoms with Gasteiger partial charge < -0.3 is 30.7 Å². The van der Waals surface area contributed by atoms with E-state index in [1.165, 1.54) is 25.7 Å². The smallest absolute Gasteiger partial charge is 0.251 e. The van der Waals surface area contributed by atoms with Gasteiger partial charge in [-0.15, -0.1) is 0 Å². The molecule has 202 valence electrons. The van der Waals surface area contributed by atoms with Crippen LogP contribution in [0.5, 0.6) is 0 Å². The summed E-state index contributed by atoms with van der Waals surface area (Å²) < 4.78 is 11.2. The fraction of sp³-hybridized carbons (Fsp3) is 0.630. The molecule has 3 atom stereocenters. The summed E-state index contributed by atoms with van der Waals surface area (Å²) in [5.74, 6) is 3.30. The van der Waals surface area contributed by atoms with Crippen molar-refractivity contribution in [2.75, 3.05) is 62.0 Å². The van der Waals surface area contributed by atoms with E-state index in [1.54, 1.807) is 12.1 Å². The van der Waals surface area contributed by atoms with Gasteiger partial charge in [-0.05, 0) is 49.7 Å². The Labute approximate surface area is 219 Å². The van der Waals surface area contributed by atoms with Crippen molar-refractivity contribution in [2.45, 2.75) is 51.5 Å². The number of benzene rings is 1. The summed E-state index contributed by atoms with van der Waals surface area (Å²) in [7, 11) is 0. The molecule has 2 aliphatic carbocycles. The quantitative estimate of drug-likeness (QED) is 0.236. The van der Waals surface area contributed by atoms with Crippen molar-refractivity contribution in [2.24, 2.45) is 11.8 Å². The molecule has 2 aliphatic rings. The van der Waals surface area contributed by atoms with Crippen molar-refractivity contribution in [1.82, 2.24) is 20.3 Å². The minimum Gasteiger partial charge on any atom is -0.377 e. The lowest BCUT2D eigenvalue weighted by Crippen LogP contribution is -2.27. The maximum absolute atomic E-state index is 12.0. The lowest BCUT2D eigenvalue weighted by atomic mass is 9.95. The van der Waals surface area contributed by atoms with Gasteiger partial charge in [0.2, 0.25) is 17.8 Å². The molecule has 2 aromatic rings. The van der Waals surface area contributed by atoms with E-state index in [1.807, 2.05) is 18.2 Å². The van der Waals surface area contributed by atoms with Crippen LogP contribution in [0, 0.1) is 11.8 Å². The van der Waals surface area contributed by atoms with Gasteiger partial charge in [-0.25, -0.2) is 0 Å². The number of nitrogens with zero attached hydrogens (tertiary/aromatic N) is 3. The number of carbonyl (C=O) groups excluding carboxylic acids is 1. The zero-order valence-electron chi connectivity index (χ0n) is 21.9. The third-order valence-corrected chi connectivity index (χ3v) is 6.97. The highest BCUT2D eigenvalue weighted by Gasteiger charge is 2.39. The SMILES string of the molecule is CCCCNc1nc(NCCOCCOCCNC(=O)c2ccccc2)nc(NC2CC3CCC2C3)n1. The second-order valence-corrected chi connectivity index (χ2v) is 9.79. The molecule has 1 amide bonds. The van der Waals surface area contributed by atoms with Gasteiger partial charge in [0.25, 0.3) is 5.91 Å². The first-order valence-corrected chi connectivity index (χ1v) is 13.7. The number of hydrogen-bond donors (Lipinski definition) is 4. The Morgan fingerprint density at radius 3 is 2.24 bits per heavy atom. The molecule has 0 spiro atoms. The summed E-state index contributed by atoms with van der Waals surface area (Å²) >= 11 is 0. The number of nitrogens with one attached hydrogen (secondary N) is 4. The zero-order chi connectivity index (χ0) is 25.7. The molecule has 10 heteroatoms. The fourth-order valence-electron chi connectivity index (χ4n) is 5.05. The van der Waals surface area contributed by atoms with Gasteiger partial charge in [0, 0.05) is 31.2 Å². The van der Waals surface area contributed by atoms with Crippen molar-refractivity contribution < 1.29 is 14.3 Å². The number of fused-ring (bicyclic) bond motifs is 2. The number of anilines is 3. The van der Waals surface area contributed by atoms with E-state index in [2.05, 4.69) is 43.1 Å². The van der Waals surface area contributed by atoms with E-state index >= 15 is 0 Å². The van der Waals surface area contributed by atoms with Crippen LogP contribution in [0.2, 0.25) is 0 Å². The summed E-state index contributed by atoms with van der Waals surface area (Å²) in [5, 5.41) is 13.0. The van der Waals surface area contributed by atoms with Gasteiger partial charge in [0.1, 0.15) is 0 Å². The van der Waals surface area contributed by atoms with E-state index in [9.17, 15) is 4.79 Å². The van der Waals surface area contributed by atoms with Gasteiger partial charge in [0.05, 0.1) is 26.4 Å². The number of rotatable bonds is 17. The Morgan fingerprint density at radius 2 is 1.57 bits per heavy atom. The molecule has 1 aromatic carbocycles. The number of amides is 1. The van der Waals surface area contributed by atoms with E-state index in [0.717, 1.165) is 31.2 Å². The van der Waals surface area contributed by atoms with Gasteiger partial charge in [0.15, 0.2) is 0 Å². The molecule has 1 aromatic heterocycles. The molecule has 1 heterocycles. The van der Waals surface area contributed by atoms with Crippen LogP contribution in [0.1, 0.15) is 55.8 Å². The Hall–Kier alpha value is -2.98. The monoisotopic (exact) mass is 511 g/mol. The van der Waals surface area contributed by atoms with Crippen LogP contribution in [-0.4, -0.2) is 73.0 Å². The fourth-order valence-corrected chi connectivity index (χ4v) is 5.05. The van der Waals surface area contributed by atoms with Gasteiger partial charge >= 0.3 is 0 Å². The third-order valence-electron chi connectivity index (χ3n) is 6.97. The molecule has 0 aliphatic heterocycles. The van der Waals surface area contributed by atoms with Crippen molar-refractivity contribution in [3.63, 3.8) is 0 Å². The van der Waals surface area contributed by atoms with Gasteiger partial charge in [-0.2, -0.15) is 15.0 Å². The average Bonchev–Trinajstić information content (AvgIpc) is 3.54. The molecule has 0 radical (unpaired) electrons. The van der Waals surface area contributed by atoms with Crippen LogP contribution in [0.25, 0.3) is 0 Å². The van der Waals surface area contributed by atoms with Crippen molar-refractivity contribution in [3.8, 4) is 0 Å². The lowest BCUT2D eigenvalue weighted by Gasteiger charge is -2.23. The number of unbranched alkanes of at least 4 members (excludes halogenated alkanes) is 1. The highest BCUT2D eigenvalue weighted by atomic mass is 16.5. The topological polar surface area (TPSA) is 122 Å². The second-order valence-electron chi connectivity index (χ2n) is 9.79. The highest BCUT2D eigenvalue weighted by molar-refractivity contribution is 5.94. The standard InChI is InChI=1S/C27H41N7O3/c1-2-3-11-29-25-32-26(34-27(33-25)31-23-19-20-9-10-22(23)18-20)30-13-15-37-17-16-36-14-12-28-24(35)21-7-5-4-6-8-21/h4-8,20,22-23H,2-3,9-19H2,1H3,(H,28,35)(H3,29,30,31,32,33,34). The van der Waals surface area contributed by atoms with Crippen LogP contribution < -0.4 is 21.3 Å². The number of hydrogen-bond acceptors (Lipinski definition) is 9. The van der Waals surface area contributed by atoms with Crippen molar-refractivity contribution >= 4 is 23.8 Å². The molecule has 10 nitrogen and oxygen atoms in total. The Kier molecular flexibility index (Phi) is 10.7. The minimum absolute atomic E-state index is 0.0950. The molecule has 2 saturated carbocycles. The van der Waals surface area contributed by atoms with Crippen LogP contribution in [0.15, 0.2) is 30.3 Å². The van der Waals surface area contributed by atoms with E-state index < -0.39 is 0 Å². The first-order chi connectivity index (χ1) is 18.2. The van der Waals surface area contributed by atoms with E-state index in [-0.39, 0.29) is 5.91 Å². The predicted octanol–water partition coefficient (Wildman–Crippen LogP) is 3.56. The van der Waals surface area contributed by atoms with Crippen LogP contribution in [0.4, 0.5) is 17.8 Å². The summed E-state index contributed by atoms with van der Waals surface area (Å²) in [6.07, 6.45) is 7.41. The molecular formula is C27H41N7O3. The number of aromatic nitrogens is 3. The summed E-state index contributed by atoms with van der Waals surface area (Å²) in [6, 6.07) is 9.61. The van der Waals surface area contributed by atoms with Crippen LogP contribution >= 0.6 is 0 Å². The molecular weight excluding hydrogens is 470 g/mol. The van der Waals surface area contributed by atoms with Crippen molar-refractivity contribution in [3.05, 3.63) is 35.9 Å². The Bertz CT molecular complexity index is 962. The largest absolute Gasteiger partial charge is 0.377 e. The van der Waals surface area contributed by atoms with E-state index in [4.69, 9.17) is 9.47 Å². The molecule has 0 saturated heterocycles. The Balaban J connectivity index is 1.11. The molecule has 4 rings (SSSR count). The lowest BCUT2D eigenvalue weighted by molar-refractivity contribution is 0.0519. The van der Waals surface area contributed by atoms with Crippen LogP contribution in [0.3, 0.4) is 0 Å². The van der Waals surface area contributed by atoms with Gasteiger partial charge in [-0.3, -0.25) is 4.79 Å². The summed E-state index contributed by atoms with van der Waals surface area (Å²) in [6.45, 7) is 5.94. The first kappa shape index (κ1) is 27.1.